The van der Waals surface area contributed by atoms with Crippen molar-refractivity contribution in [3.63, 3.8) is 0 Å². The predicted molar refractivity (Wildman–Crippen MR) is 108 cm³/mol. The number of nitrogens with zero attached hydrogens (tertiary/aromatic N) is 1. The topological polar surface area (TPSA) is 21.6 Å². The smallest absolute Gasteiger partial charge is 0.129 e. The lowest BCUT2D eigenvalue weighted by Crippen LogP contribution is -1.99. The van der Waals surface area contributed by atoms with Crippen molar-refractivity contribution < 1.29 is 4.74 Å². The van der Waals surface area contributed by atoms with Gasteiger partial charge in [0.05, 0.1) is 5.69 Å². The van der Waals surface area contributed by atoms with E-state index < -0.39 is 0 Å². The van der Waals surface area contributed by atoms with Crippen LogP contribution in [0.5, 0.6) is 5.75 Å². The molecule has 4 aromatic rings. The zero-order chi connectivity index (χ0) is 17.6. The van der Waals surface area contributed by atoms with E-state index in [9.17, 15) is 0 Å². The lowest BCUT2D eigenvalue weighted by atomic mass is 10.0. The number of para-hydroxylation sites is 1. The third kappa shape index (κ3) is 3.65. The van der Waals surface area contributed by atoms with Gasteiger partial charge in [-0.15, -0.1) is 0 Å². The Labute approximate surface area is 153 Å². The Kier molecular flexibility index (Phi) is 4.74. The van der Waals surface area contributed by atoms with E-state index in [2.05, 4.69) is 35.3 Å². The number of benzene rings is 4. The molecule has 0 bridgehead atoms. The van der Waals surface area contributed by atoms with E-state index in [4.69, 9.17) is 4.74 Å². The fourth-order valence-corrected chi connectivity index (χ4v) is 2.92. The van der Waals surface area contributed by atoms with E-state index in [1.165, 1.54) is 5.39 Å². The van der Waals surface area contributed by atoms with Crippen LogP contribution in [0.15, 0.2) is 102 Å². The molecule has 2 nitrogen and oxygen atoms in total. The van der Waals surface area contributed by atoms with Crippen LogP contribution in [0.3, 0.4) is 0 Å². The first-order valence-electron chi connectivity index (χ1n) is 8.68. The minimum Gasteiger partial charge on any atom is -0.488 e. The van der Waals surface area contributed by atoms with Gasteiger partial charge < -0.3 is 4.74 Å². The maximum absolute atomic E-state index is 6.13. The van der Waals surface area contributed by atoms with Crippen molar-refractivity contribution in [1.82, 2.24) is 0 Å². The summed E-state index contributed by atoms with van der Waals surface area (Å²) in [5, 5.41) is 2.31. The first-order valence-corrected chi connectivity index (χ1v) is 8.68. The molecule has 0 aliphatic carbocycles. The van der Waals surface area contributed by atoms with Gasteiger partial charge in [-0.3, -0.25) is 4.99 Å². The van der Waals surface area contributed by atoms with Crippen LogP contribution in [0, 0.1) is 0 Å². The SMILES string of the molecule is C(=Nc1ccccc1)c1c(OCc2ccccc2)ccc2ccccc12. The summed E-state index contributed by atoms with van der Waals surface area (Å²) < 4.78 is 6.13. The molecular formula is C24H19NO. The van der Waals surface area contributed by atoms with E-state index in [0.29, 0.717) is 6.61 Å². The second-order valence-electron chi connectivity index (χ2n) is 6.07. The van der Waals surface area contributed by atoms with Crippen molar-refractivity contribution in [3.8, 4) is 5.75 Å². The van der Waals surface area contributed by atoms with Crippen LogP contribution in [0.25, 0.3) is 10.8 Å². The van der Waals surface area contributed by atoms with Crippen molar-refractivity contribution in [3.05, 3.63) is 108 Å². The summed E-state index contributed by atoms with van der Waals surface area (Å²) in [5.41, 5.74) is 3.07. The van der Waals surface area contributed by atoms with Crippen LogP contribution in [-0.4, -0.2) is 6.21 Å². The summed E-state index contributed by atoms with van der Waals surface area (Å²) in [6, 6.07) is 32.6. The summed E-state index contributed by atoms with van der Waals surface area (Å²) >= 11 is 0. The van der Waals surface area contributed by atoms with Crippen molar-refractivity contribution >= 4 is 22.7 Å². The van der Waals surface area contributed by atoms with Crippen LogP contribution >= 0.6 is 0 Å². The summed E-state index contributed by atoms with van der Waals surface area (Å²) in [6.07, 6.45) is 1.90. The van der Waals surface area contributed by atoms with E-state index in [1.807, 2.05) is 72.9 Å². The number of hydrogen-bond acceptors (Lipinski definition) is 2. The number of fused-ring (bicyclic) bond motifs is 1. The van der Waals surface area contributed by atoms with Crippen molar-refractivity contribution in [1.29, 1.82) is 0 Å². The lowest BCUT2D eigenvalue weighted by molar-refractivity contribution is 0.306. The largest absolute Gasteiger partial charge is 0.488 e. The van der Waals surface area contributed by atoms with Gasteiger partial charge in [-0.2, -0.15) is 0 Å². The van der Waals surface area contributed by atoms with Crippen LogP contribution in [0.4, 0.5) is 5.69 Å². The van der Waals surface area contributed by atoms with Crippen LogP contribution in [0.1, 0.15) is 11.1 Å². The lowest BCUT2D eigenvalue weighted by Gasteiger charge is -2.12. The summed E-state index contributed by atoms with van der Waals surface area (Å²) in [5.74, 6) is 0.840. The van der Waals surface area contributed by atoms with Gasteiger partial charge in [-0.1, -0.05) is 78.9 Å². The molecule has 0 aliphatic heterocycles. The van der Waals surface area contributed by atoms with E-state index in [1.54, 1.807) is 0 Å². The number of aliphatic imine (C=N–C) groups is 1. The van der Waals surface area contributed by atoms with E-state index in [0.717, 1.165) is 28.0 Å². The summed E-state index contributed by atoms with van der Waals surface area (Å²) in [7, 11) is 0. The van der Waals surface area contributed by atoms with Gasteiger partial charge in [0.1, 0.15) is 12.4 Å². The third-order valence-corrected chi connectivity index (χ3v) is 4.27. The van der Waals surface area contributed by atoms with Crippen molar-refractivity contribution in [2.45, 2.75) is 6.61 Å². The van der Waals surface area contributed by atoms with Gasteiger partial charge in [-0.25, -0.2) is 0 Å². The van der Waals surface area contributed by atoms with Crippen LogP contribution in [0.2, 0.25) is 0 Å². The second-order valence-corrected chi connectivity index (χ2v) is 6.07. The Bertz CT molecular complexity index is 1020. The van der Waals surface area contributed by atoms with Crippen LogP contribution in [-0.2, 0) is 6.61 Å². The summed E-state index contributed by atoms with van der Waals surface area (Å²) in [6.45, 7) is 0.533. The summed E-state index contributed by atoms with van der Waals surface area (Å²) in [4.78, 5) is 4.64. The highest BCUT2D eigenvalue weighted by atomic mass is 16.5. The van der Waals surface area contributed by atoms with Crippen molar-refractivity contribution in [2.75, 3.05) is 0 Å². The molecule has 0 radical (unpaired) electrons. The van der Waals surface area contributed by atoms with Gasteiger partial charge in [0.2, 0.25) is 0 Å². The molecule has 0 heterocycles. The predicted octanol–water partition coefficient (Wildman–Crippen LogP) is 6.17. The molecule has 4 aromatic carbocycles. The van der Waals surface area contributed by atoms with Gasteiger partial charge in [0, 0.05) is 11.8 Å². The molecule has 2 heteroatoms. The third-order valence-electron chi connectivity index (χ3n) is 4.27. The molecule has 0 saturated carbocycles. The minimum absolute atomic E-state index is 0.533. The molecule has 0 atom stereocenters. The molecule has 0 aliphatic rings. The maximum atomic E-state index is 6.13. The number of hydrogen-bond donors (Lipinski definition) is 0. The molecule has 126 valence electrons. The first kappa shape index (κ1) is 16.1. The average molecular weight is 337 g/mol. The van der Waals surface area contributed by atoms with Gasteiger partial charge in [0.25, 0.3) is 0 Å². The Hall–Kier alpha value is -3.39. The zero-order valence-corrected chi connectivity index (χ0v) is 14.4. The first-order chi connectivity index (χ1) is 12.9. The fraction of sp³-hybridized carbons (Fsp3) is 0.0417. The number of ether oxygens (including phenoxy) is 1. The highest BCUT2D eigenvalue weighted by molar-refractivity contribution is 6.03. The highest BCUT2D eigenvalue weighted by Crippen LogP contribution is 2.28. The molecule has 0 spiro atoms. The molecule has 0 unspecified atom stereocenters. The molecule has 26 heavy (non-hydrogen) atoms. The molecule has 4 rings (SSSR count). The Morgan fingerprint density at radius 3 is 2.19 bits per heavy atom. The molecule has 0 amide bonds. The van der Waals surface area contributed by atoms with Gasteiger partial charge in [-0.05, 0) is 34.5 Å². The standard InChI is InChI=1S/C24H19NO/c1-3-9-19(10-4-1)18-26-24-16-15-20-11-7-8-14-22(20)23(24)17-25-21-12-5-2-6-13-21/h1-17H,18H2. The minimum atomic E-state index is 0.533. The molecular weight excluding hydrogens is 318 g/mol. The van der Waals surface area contributed by atoms with Gasteiger partial charge in [0.15, 0.2) is 0 Å². The Balaban J connectivity index is 1.71. The van der Waals surface area contributed by atoms with Crippen LogP contribution < -0.4 is 4.74 Å². The Morgan fingerprint density at radius 1 is 0.692 bits per heavy atom. The van der Waals surface area contributed by atoms with Crippen molar-refractivity contribution in [2.24, 2.45) is 4.99 Å². The van der Waals surface area contributed by atoms with Gasteiger partial charge >= 0.3 is 0 Å². The maximum Gasteiger partial charge on any atom is 0.129 e. The molecule has 0 saturated heterocycles. The molecule has 0 N–H and O–H groups in total. The fourth-order valence-electron chi connectivity index (χ4n) is 2.92. The normalized spacial score (nSPS) is 11.1. The molecule has 0 fully saturated rings. The highest BCUT2D eigenvalue weighted by Gasteiger charge is 2.07. The monoisotopic (exact) mass is 337 g/mol. The quantitative estimate of drug-likeness (QED) is 0.399. The Morgan fingerprint density at radius 2 is 1.38 bits per heavy atom. The van der Waals surface area contributed by atoms with E-state index in [-0.39, 0.29) is 0 Å². The van der Waals surface area contributed by atoms with E-state index >= 15 is 0 Å². The average Bonchev–Trinajstić information content (AvgIpc) is 2.72. The molecule has 0 aromatic heterocycles. The second kappa shape index (κ2) is 7.66. The zero-order valence-electron chi connectivity index (χ0n) is 14.4. The number of rotatable bonds is 5.